The number of benzene rings is 1. The third-order valence-corrected chi connectivity index (χ3v) is 3.23. The topological polar surface area (TPSA) is 51.5 Å². The molecule has 0 saturated carbocycles. The minimum absolute atomic E-state index is 0.0251. The molecule has 0 aliphatic carbocycles. The van der Waals surface area contributed by atoms with Crippen LogP contribution in [-0.4, -0.2) is 12.5 Å². The van der Waals surface area contributed by atoms with Crippen molar-refractivity contribution in [2.45, 2.75) is 19.4 Å². The number of ether oxygens (including phenoxy) is 1. The first kappa shape index (κ1) is 11.8. The summed E-state index contributed by atoms with van der Waals surface area (Å²) in [6.07, 6.45) is 0.766. The van der Waals surface area contributed by atoms with Crippen LogP contribution in [0, 0.1) is 6.92 Å². The molecule has 0 fully saturated rings. The van der Waals surface area contributed by atoms with E-state index < -0.39 is 0 Å². The predicted octanol–water partition coefficient (Wildman–Crippen LogP) is 2.84. The summed E-state index contributed by atoms with van der Waals surface area (Å²) in [6, 6.07) is 11.2. The number of carbonyl (C=O) groups is 1. The number of aryl methyl sites for hydroxylation is 1. The van der Waals surface area contributed by atoms with E-state index in [1.54, 1.807) is 12.1 Å². The van der Waals surface area contributed by atoms with Gasteiger partial charge in [-0.25, -0.2) is 0 Å². The quantitative estimate of drug-likeness (QED) is 0.900. The van der Waals surface area contributed by atoms with E-state index in [4.69, 9.17) is 9.15 Å². The Kier molecular flexibility index (Phi) is 2.99. The van der Waals surface area contributed by atoms with E-state index in [1.807, 2.05) is 31.2 Å². The normalized spacial score (nSPS) is 17.4. The Morgan fingerprint density at radius 3 is 2.89 bits per heavy atom. The number of hydrogen-bond donors (Lipinski definition) is 1. The van der Waals surface area contributed by atoms with Crippen molar-refractivity contribution in [3.05, 3.63) is 53.5 Å². The first-order chi connectivity index (χ1) is 9.24. The highest BCUT2D eigenvalue weighted by atomic mass is 16.5. The summed E-state index contributed by atoms with van der Waals surface area (Å²) in [6.45, 7) is 2.43. The molecule has 1 amide bonds. The Labute approximate surface area is 111 Å². The molecular formula is C15H15NO3. The van der Waals surface area contributed by atoms with E-state index >= 15 is 0 Å². The van der Waals surface area contributed by atoms with Gasteiger partial charge in [0.1, 0.15) is 11.5 Å². The summed E-state index contributed by atoms with van der Waals surface area (Å²) in [4.78, 5) is 12.1. The molecule has 4 heteroatoms. The molecule has 0 radical (unpaired) electrons. The number of nitrogens with one attached hydrogen (secondary N) is 1. The van der Waals surface area contributed by atoms with Crippen molar-refractivity contribution in [1.29, 1.82) is 0 Å². The third kappa shape index (κ3) is 2.34. The van der Waals surface area contributed by atoms with Gasteiger partial charge < -0.3 is 14.5 Å². The lowest BCUT2D eigenvalue weighted by Crippen LogP contribution is -2.31. The lowest BCUT2D eigenvalue weighted by molar-refractivity contribution is 0.0895. The van der Waals surface area contributed by atoms with Crippen molar-refractivity contribution in [3.8, 4) is 5.75 Å². The minimum atomic E-state index is -0.185. The van der Waals surface area contributed by atoms with Gasteiger partial charge in [-0.1, -0.05) is 18.2 Å². The fourth-order valence-corrected chi connectivity index (χ4v) is 2.28. The van der Waals surface area contributed by atoms with Crippen LogP contribution >= 0.6 is 0 Å². The van der Waals surface area contributed by atoms with Gasteiger partial charge in [0.25, 0.3) is 5.91 Å². The highest BCUT2D eigenvalue weighted by Gasteiger charge is 2.23. The predicted molar refractivity (Wildman–Crippen MR) is 70.2 cm³/mol. The summed E-state index contributed by atoms with van der Waals surface area (Å²) in [5.41, 5.74) is 1.02. The lowest BCUT2D eigenvalue weighted by atomic mass is 10.0. The maximum absolute atomic E-state index is 12.1. The van der Waals surface area contributed by atoms with E-state index in [0.29, 0.717) is 12.4 Å². The number of fused-ring (bicyclic) bond motifs is 1. The van der Waals surface area contributed by atoms with Gasteiger partial charge in [0, 0.05) is 12.0 Å². The Morgan fingerprint density at radius 1 is 1.26 bits per heavy atom. The average molecular weight is 257 g/mol. The first-order valence-electron chi connectivity index (χ1n) is 6.33. The van der Waals surface area contributed by atoms with Gasteiger partial charge in [-0.15, -0.1) is 0 Å². The molecule has 1 aromatic carbocycles. The third-order valence-electron chi connectivity index (χ3n) is 3.23. The zero-order valence-corrected chi connectivity index (χ0v) is 10.7. The molecule has 0 bridgehead atoms. The fourth-order valence-electron chi connectivity index (χ4n) is 2.28. The van der Waals surface area contributed by atoms with Gasteiger partial charge in [0.05, 0.1) is 12.6 Å². The van der Waals surface area contributed by atoms with Crippen molar-refractivity contribution < 1.29 is 13.9 Å². The minimum Gasteiger partial charge on any atom is -0.493 e. The zero-order chi connectivity index (χ0) is 13.2. The molecule has 1 aliphatic rings. The second-order valence-electron chi connectivity index (χ2n) is 4.61. The Bertz CT molecular complexity index is 603. The van der Waals surface area contributed by atoms with Gasteiger partial charge in [0.2, 0.25) is 0 Å². The molecule has 1 aliphatic heterocycles. The summed E-state index contributed by atoms with van der Waals surface area (Å²) in [5.74, 6) is 1.74. The van der Waals surface area contributed by atoms with Crippen molar-refractivity contribution in [2.75, 3.05) is 6.61 Å². The van der Waals surface area contributed by atoms with E-state index in [2.05, 4.69) is 5.32 Å². The van der Waals surface area contributed by atoms with Crippen LogP contribution in [0.5, 0.6) is 5.75 Å². The van der Waals surface area contributed by atoms with Crippen molar-refractivity contribution in [1.82, 2.24) is 5.32 Å². The first-order valence-corrected chi connectivity index (χ1v) is 6.33. The van der Waals surface area contributed by atoms with Crippen LogP contribution in [0.3, 0.4) is 0 Å². The maximum Gasteiger partial charge on any atom is 0.287 e. The summed E-state index contributed by atoms with van der Waals surface area (Å²) < 4.78 is 10.9. The molecule has 1 atom stereocenters. The molecule has 0 unspecified atom stereocenters. The Hall–Kier alpha value is -2.23. The SMILES string of the molecule is Cc1ccc(C(=O)N[C@@H]2CCOc3ccccc32)o1. The van der Waals surface area contributed by atoms with Gasteiger partial charge >= 0.3 is 0 Å². The molecule has 4 nitrogen and oxygen atoms in total. The van der Waals surface area contributed by atoms with E-state index in [9.17, 15) is 4.79 Å². The van der Waals surface area contributed by atoms with E-state index in [1.165, 1.54) is 0 Å². The highest BCUT2D eigenvalue weighted by Crippen LogP contribution is 2.31. The molecule has 1 aromatic heterocycles. The summed E-state index contributed by atoms with van der Waals surface area (Å²) in [7, 11) is 0. The number of rotatable bonds is 2. The number of amides is 1. The van der Waals surface area contributed by atoms with Crippen LogP contribution in [0.4, 0.5) is 0 Å². The van der Waals surface area contributed by atoms with Gasteiger partial charge in [-0.3, -0.25) is 4.79 Å². The fraction of sp³-hybridized carbons (Fsp3) is 0.267. The van der Waals surface area contributed by atoms with Crippen LogP contribution in [-0.2, 0) is 0 Å². The number of hydrogen-bond acceptors (Lipinski definition) is 3. The Morgan fingerprint density at radius 2 is 2.11 bits per heavy atom. The molecule has 3 rings (SSSR count). The number of carbonyl (C=O) groups excluding carboxylic acids is 1. The van der Waals surface area contributed by atoms with Gasteiger partial charge in [0.15, 0.2) is 5.76 Å². The summed E-state index contributed by atoms with van der Waals surface area (Å²) in [5, 5.41) is 2.99. The average Bonchev–Trinajstić information content (AvgIpc) is 2.86. The highest BCUT2D eigenvalue weighted by molar-refractivity contribution is 5.91. The molecule has 1 N–H and O–H groups in total. The van der Waals surface area contributed by atoms with Crippen molar-refractivity contribution >= 4 is 5.91 Å². The summed E-state index contributed by atoms with van der Waals surface area (Å²) >= 11 is 0. The van der Waals surface area contributed by atoms with Crippen LogP contribution in [0.2, 0.25) is 0 Å². The molecule has 2 heterocycles. The van der Waals surface area contributed by atoms with E-state index in [-0.39, 0.29) is 11.9 Å². The molecule has 2 aromatic rings. The second-order valence-corrected chi connectivity index (χ2v) is 4.61. The number of furan rings is 1. The monoisotopic (exact) mass is 257 g/mol. The largest absolute Gasteiger partial charge is 0.493 e. The van der Waals surface area contributed by atoms with Gasteiger partial charge in [-0.05, 0) is 25.1 Å². The van der Waals surface area contributed by atoms with Gasteiger partial charge in [-0.2, -0.15) is 0 Å². The van der Waals surface area contributed by atoms with Crippen molar-refractivity contribution in [3.63, 3.8) is 0 Å². The smallest absolute Gasteiger partial charge is 0.287 e. The van der Waals surface area contributed by atoms with Crippen LogP contribution in [0.1, 0.15) is 34.3 Å². The zero-order valence-electron chi connectivity index (χ0n) is 10.7. The lowest BCUT2D eigenvalue weighted by Gasteiger charge is -2.26. The van der Waals surface area contributed by atoms with E-state index in [0.717, 1.165) is 23.5 Å². The molecule has 19 heavy (non-hydrogen) atoms. The maximum atomic E-state index is 12.1. The van der Waals surface area contributed by atoms with Crippen LogP contribution in [0.25, 0.3) is 0 Å². The standard InChI is InChI=1S/C15H15NO3/c1-10-6-7-14(19-10)15(17)16-12-8-9-18-13-5-3-2-4-11(12)13/h2-7,12H,8-9H2,1H3,(H,16,17)/t12-/m1/s1. The number of para-hydroxylation sites is 1. The van der Waals surface area contributed by atoms with Crippen LogP contribution < -0.4 is 10.1 Å². The Balaban J connectivity index is 1.79. The molecule has 0 spiro atoms. The molecule has 0 saturated heterocycles. The molecular weight excluding hydrogens is 242 g/mol. The second kappa shape index (κ2) is 4.80. The molecule has 98 valence electrons. The van der Waals surface area contributed by atoms with Crippen LogP contribution in [0.15, 0.2) is 40.8 Å². The van der Waals surface area contributed by atoms with Crippen molar-refractivity contribution in [2.24, 2.45) is 0 Å².